The topological polar surface area (TPSA) is 24.5 Å². The van der Waals surface area contributed by atoms with Crippen LogP contribution in [0.4, 0.5) is 0 Å². The zero-order valence-corrected chi connectivity index (χ0v) is 12.0. The van der Waals surface area contributed by atoms with Crippen molar-refractivity contribution < 1.29 is 4.74 Å². The molecule has 1 rings (SSSR count). The zero-order valence-electron chi connectivity index (χ0n) is 12.0. The first-order valence-corrected chi connectivity index (χ1v) is 7.26. The van der Waals surface area contributed by atoms with Crippen LogP contribution in [-0.4, -0.2) is 49.3 Å². The van der Waals surface area contributed by atoms with Crippen LogP contribution in [-0.2, 0) is 4.74 Å². The number of likely N-dealkylation sites (tertiary alicyclic amines) is 1. The van der Waals surface area contributed by atoms with Gasteiger partial charge in [0.1, 0.15) is 0 Å². The molecule has 1 fully saturated rings. The maximum atomic E-state index is 5.68. The summed E-state index contributed by atoms with van der Waals surface area (Å²) in [5, 5.41) is 3.59. The summed E-state index contributed by atoms with van der Waals surface area (Å²) in [7, 11) is 0. The average molecular weight is 242 g/mol. The van der Waals surface area contributed by atoms with Gasteiger partial charge in [-0.1, -0.05) is 6.92 Å². The molecule has 2 unspecified atom stereocenters. The summed E-state index contributed by atoms with van der Waals surface area (Å²) in [6, 6.07) is 1.28. The smallest absolute Gasteiger partial charge is 0.0599 e. The second kappa shape index (κ2) is 8.06. The summed E-state index contributed by atoms with van der Waals surface area (Å²) in [6.07, 6.45) is 4.10. The van der Waals surface area contributed by atoms with Crippen molar-refractivity contribution in [2.45, 2.75) is 65.1 Å². The Labute approximate surface area is 107 Å². The third-order valence-corrected chi connectivity index (χ3v) is 3.88. The van der Waals surface area contributed by atoms with Crippen molar-refractivity contribution >= 4 is 0 Å². The van der Waals surface area contributed by atoms with Crippen LogP contribution in [0.15, 0.2) is 0 Å². The minimum atomic E-state index is 0.506. The summed E-state index contributed by atoms with van der Waals surface area (Å²) >= 11 is 0. The Morgan fingerprint density at radius 2 is 1.88 bits per heavy atom. The minimum absolute atomic E-state index is 0.506. The second-order valence-corrected chi connectivity index (χ2v) is 5.26. The number of piperidine rings is 1. The van der Waals surface area contributed by atoms with Gasteiger partial charge in [0.2, 0.25) is 0 Å². The Morgan fingerprint density at radius 3 is 2.41 bits per heavy atom. The number of ether oxygens (including phenoxy) is 1. The molecular weight excluding hydrogens is 212 g/mol. The van der Waals surface area contributed by atoms with Crippen LogP contribution in [0.2, 0.25) is 0 Å². The standard InChI is InChI=1S/C14H30N2O/c1-5-12(3)15-11-13(4)16-9-7-14(8-10-16)17-6-2/h12-15H,5-11H2,1-4H3. The van der Waals surface area contributed by atoms with Crippen molar-refractivity contribution in [3.63, 3.8) is 0 Å². The van der Waals surface area contributed by atoms with Gasteiger partial charge in [-0.2, -0.15) is 0 Å². The second-order valence-electron chi connectivity index (χ2n) is 5.26. The van der Waals surface area contributed by atoms with Gasteiger partial charge in [-0.25, -0.2) is 0 Å². The quantitative estimate of drug-likeness (QED) is 0.741. The lowest BCUT2D eigenvalue weighted by atomic mass is 10.1. The molecule has 1 saturated heterocycles. The van der Waals surface area contributed by atoms with Gasteiger partial charge in [0, 0.05) is 38.3 Å². The Kier molecular flexibility index (Phi) is 7.09. The monoisotopic (exact) mass is 242 g/mol. The Morgan fingerprint density at radius 1 is 1.24 bits per heavy atom. The molecule has 1 heterocycles. The number of nitrogens with zero attached hydrogens (tertiary/aromatic N) is 1. The van der Waals surface area contributed by atoms with E-state index in [2.05, 4.69) is 37.9 Å². The maximum Gasteiger partial charge on any atom is 0.0599 e. The van der Waals surface area contributed by atoms with Crippen LogP contribution in [0.5, 0.6) is 0 Å². The summed E-state index contributed by atoms with van der Waals surface area (Å²) in [4.78, 5) is 2.59. The zero-order chi connectivity index (χ0) is 12.7. The van der Waals surface area contributed by atoms with E-state index in [4.69, 9.17) is 4.74 Å². The molecule has 1 aliphatic rings. The van der Waals surface area contributed by atoms with Gasteiger partial charge < -0.3 is 10.1 Å². The SMILES string of the molecule is CCOC1CCN(C(C)CNC(C)CC)CC1. The molecule has 0 aromatic rings. The van der Waals surface area contributed by atoms with E-state index < -0.39 is 0 Å². The number of rotatable bonds is 7. The third kappa shape index (κ3) is 5.36. The Hall–Kier alpha value is -0.120. The van der Waals surface area contributed by atoms with Gasteiger partial charge in [0.15, 0.2) is 0 Å². The van der Waals surface area contributed by atoms with Gasteiger partial charge in [-0.05, 0) is 40.0 Å². The molecule has 102 valence electrons. The van der Waals surface area contributed by atoms with Crippen molar-refractivity contribution in [3.8, 4) is 0 Å². The molecule has 0 saturated carbocycles. The maximum absolute atomic E-state index is 5.68. The highest BCUT2D eigenvalue weighted by atomic mass is 16.5. The highest BCUT2D eigenvalue weighted by Gasteiger charge is 2.22. The van der Waals surface area contributed by atoms with E-state index >= 15 is 0 Å². The van der Waals surface area contributed by atoms with Crippen LogP contribution >= 0.6 is 0 Å². The van der Waals surface area contributed by atoms with Crippen LogP contribution in [0.3, 0.4) is 0 Å². The van der Waals surface area contributed by atoms with E-state index in [0.29, 0.717) is 18.2 Å². The molecular formula is C14H30N2O. The van der Waals surface area contributed by atoms with Gasteiger partial charge in [0.05, 0.1) is 6.10 Å². The summed E-state index contributed by atoms with van der Waals surface area (Å²) in [6.45, 7) is 13.2. The molecule has 3 nitrogen and oxygen atoms in total. The van der Waals surface area contributed by atoms with E-state index in [-0.39, 0.29) is 0 Å². The van der Waals surface area contributed by atoms with Crippen molar-refractivity contribution in [2.24, 2.45) is 0 Å². The van der Waals surface area contributed by atoms with E-state index in [1.807, 2.05) is 0 Å². The molecule has 0 amide bonds. The first kappa shape index (κ1) is 14.9. The number of nitrogens with one attached hydrogen (secondary N) is 1. The molecule has 2 atom stereocenters. The van der Waals surface area contributed by atoms with E-state index in [9.17, 15) is 0 Å². The molecule has 0 aliphatic carbocycles. The largest absolute Gasteiger partial charge is 0.378 e. The Bertz CT molecular complexity index is 191. The Balaban J connectivity index is 2.19. The fourth-order valence-corrected chi connectivity index (χ4v) is 2.36. The molecule has 0 aromatic carbocycles. The fraction of sp³-hybridized carbons (Fsp3) is 1.00. The molecule has 1 aliphatic heterocycles. The van der Waals surface area contributed by atoms with Crippen molar-refractivity contribution in [2.75, 3.05) is 26.2 Å². The van der Waals surface area contributed by atoms with Crippen LogP contribution in [0, 0.1) is 0 Å². The predicted octanol–water partition coefficient (Wildman–Crippen LogP) is 2.26. The normalized spacial score (nSPS) is 22.6. The highest BCUT2D eigenvalue weighted by Crippen LogP contribution is 2.15. The summed E-state index contributed by atoms with van der Waals surface area (Å²) in [5.41, 5.74) is 0. The minimum Gasteiger partial charge on any atom is -0.378 e. The first-order valence-electron chi connectivity index (χ1n) is 7.26. The lowest BCUT2D eigenvalue weighted by molar-refractivity contribution is 0.00572. The van der Waals surface area contributed by atoms with E-state index in [1.165, 1.54) is 32.4 Å². The molecule has 3 heteroatoms. The first-order chi connectivity index (χ1) is 8.17. The van der Waals surface area contributed by atoms with Crippen molar-refractivity contribution in [1.29, 1.82) is 0 Å². The fourth-order valence-electron chi connectivity index (χ4n) is 2.36. The van der Waals surface area contributed by atoms with Gasteiger partial charge in [0.25, 0.3) is 0 Å². The number of hydrogen-bond acceptors (Lipinski definition) is 3. The third-order valence-electron chi connectivity index (χ3n) is 3.88. The summed E-state index contributed by atoms with van der Waals surface area (Å²) < 4.78 is 5.68. The lowest BCUT2D eigenvalue weighted by Crippen LogP contribution is -2.47. The van der Waals surface area contributed by atoms with E-state index in [0.717, 1.165) is 13.2 Å². The van der Waals surface area contributed by atoms with Crippen LogP contribution < -0.4 is 5.32 Å². The molecule has 17 heavy (non-hydrogen) atoms. The summed E-state index contributed by atoms with van der Waals surface area (Å²) in [5.74, 6) is 0. The van der Waals surface area contributed by atoms with Gasteiger partial charge in [-0.3, -0.25) is 4.90 Å². The molecule has 0 radical (unpaired) electrons. The molecule has 0 bridgehead atoms. The van der Waals surface area contributed by atoms with Gasteiger partial charge >= 0.3 is 0 Å². The van der Waals surface area contributed by atoms with Crippen LogP contribution in [0.25, 0.3) is 0 Å². The molecule has 1 N–H and O–H groups in total. The predicted molar refractivity (Wildman–Crippen MR) is 73.4 cm³/mol. The van der Waals surface area contributed by atoms with Gasteiger partial charge in [-0.15, -0.1) is 0 Å². The number of hydrogen-bond donors (Lipinski definition) is 1. The molecule has 0 aromatic heterocycles. The lowest BCUT2D eigenvalue weighted by Gasteiger charge is -2.36. The average Bonchev–Trinajstić information content (AvgIpc) is 2.36. The highest BCUT2D eigenvalue weighted by molar-refractivity contribution is 4.78. The van der Waals surface area contributed by atoms with Crippen LogP contribution in [0.1, 0.15) is 47.0 Å². The van der Waals surface area contributed by atoms with Crippen molar-refractivity contribution in [3.05, 3.63) is 0 Å². The van der Waals surface area contributed by atoms with Crippen molar-refractivity contribution in [1.82, 2.24) is 10.2 Å². The molecule has 0 spiro atoms. The van der Waals surface area contributed by atoms with E-state index in [1.54, 1.807) is 0 Å².